The standard InChI is InChI=1S/C7H17NO3S/c1-4-6(2)8-12(10,11)7(3)5-9/h6-9H,4-5H2,1-3H3. The Kier molecular flexibility index (Phi) is 4.74. The van der Waals surface area contributed by atoms with Crippen molar-refractivity contribution in [3.63, 3.8) is 0 Å². The molecule has 12 heavy (non-hydrogen) atoms. The highest BCUT2D eigenvalue weighted by Gasteiger charge is 2.20. The zero-order valence-electron chi connectivity index (χ0n) is 7.74. The van der Waals surface area contributed by atoms with Gasteiger partial charge in [0.05, 0.1) is 11.9 Å². The molecule has 0 radical (unpaired) electrons. The van der Waals surface area contributed by atoms with Gasteiger partial charge in [0.25, 0.3) is 0 Å². The summed E-state index contributed by atoms with van der Waals surface area (Å²) in [6.07, 6.45) is 0.747. The molecule has 0 bridgehead atoms. The molecule has 0 aromatic carbocycles. The Morgan fingerprint density at radius 3 is 2.25 bits per heavy atom. The van der Waals surface area contributed by atoms with E-state index in [4.69, 9.17) is 5.11 Å². The van der Waals surface area contributed by atoms with Gasteiger partial charge in [-0.3, -0.25) is 0 Å². The summed E-state index contributed by atoms with van der Waals surface area (Å²) >= 11 is 0. The molecule has 2 unspecified atom stereocenters. The largest absolute Gasteiger partial charge is 0.395 e. The fourth-order valence-electron chi connectivity index (χ4n) is 0.578. The fraction of sp³-hybridized carbons (Fsp3) is 1.00. The number of nitrogens with one attached hydrogen (secondary N) is 1. The van der Waals surface area contributed by atoms with E-state index < -0.39 is 15.3 Å². The maximum atomic E-state index is 11.3. The van der Waals surface area contributed by atoms with Crippen molar-refractivity contribution in [2.24, 2.45) is 0 Å². The summed E-state index contributed by atoms with van der Waals surface area (Å²) < 4.78 is 25.0. The molecule has 2 atom stereocenters. The van der Waals surface area contributed by atoms with Crippen molar-refractivity contribution in [2.45, 2.75) is 38.5 Å². The van der Waals surface area contributed by atoms with Crippen LogP contribution in [0.1, 0.15) is 27.2 Å². The summed E-state index contributed by atoms with van der Waals surface area (Å²) in [5.41, 5.74) is 0. The number of aliphatic hydroxyl groups is 1. The average molecular weight is 195 g/mol. The first-order valence-corrected chi connectivity index (χ1v) is 5.60. The van der Waals surface area contributed by atoms with Gasteiger partial charge in [0, 0.05) is 6.04 Å². The Bertz CT molecular complexity index is 213. The van der Waals surface area contributed by atoms with Gasteiger partial charge in [-0.2, -0.15) is 0 Å². The lowest BCUT2D eigenvalue weighted by molar-refractivity contribution is 0.294. The van der Waals surface area contributed by atoms with Crippen LogP contribution in [0.2, 0.25) is 0 Å². The monoisotopic (exact) mass is 195 g/mol. The van der Waals surface area contributed by atoms with Gasteiger partial charge >= 0.3 is 0 Å². The predicted molar refractivity (Wildman–Crippen MR) is 48.4 cm³/mol. The Labute approximate surface area is 74.0 Å². The molecule has 0 aliphatic carbocycles. The number of hydrogen-bond acceptors (Lipinski definition) is 3. The molecule has 2 N–H and O–H groups in total. The zero-order chi connectivity index (χ0) is 9.78. The molecule has 0 rings (SSSR count). The van der Waals surface area contributed by atoms with Crippen LogP contribution in [-0.2, 0) is 10.0 Å². The van der Waals surface area contributed by atoms with E-state index in [2.05, 4.69) is 4.72 Å². The lowest BCUT2D eigenvalue weighted by Crippen LogP contribution is -2.39. The molecule has 0 aromatic rings. The van der Waals surface area contributed by atoms with E-state index in [9.17, 15) is 8.42 Å². The first kappa shape index (κ1) is 11.9. The summed E-state index contributed by atoms with van der Waals surface area (Å²) in [5, 5.41) is 7.91. The second-order valence-corrected chi connectivity index (χ2v) is 5.10. The molecule has 0 fully saturated rings. The second-order valence-electron chi connectivity index (χ2n) is 2.97. The maximum Gasteiger partial charge on any atom is 0.216 e. The highest BCUT2D eigenvalue weighted by atomic mass is 32.2. The van der Waals surface area contributed by atoms with Crippen LogP contribution >= 0.6 is 0 Å². The quantitative estimate of drug-likeness (QED) is 0.653. The topological polar surface area (TPSA) is 66.4 Å². The third-order valence-corrected chi connectivity index (χ3v) is 3.70. The molecule has 0 aromatic heterocycles. The summed E-state index contributed by atoms with van der Waals surface area (Å²) in [6.45, 7) is 4.83. The van der Waals surface area contributed by atoms with Crippen LogP contribution in [0.5, 0.6) is 0 Å². The van der Waals surface area contributed by atoms with Gasteiger partial charge in [-0.25, -0.2) is 13.1 Å². The molecular weight excluding hydrogens is 178 g/mol. The summed E-state index contributed by atoms with van der Waals surface area (Å²) in [5.74, 6) is 0. The zero-order valence-corrected chi connectivity index (χ0v) is 8.56. The molecule has 0 heterocycles. The number of sulfonamides is 1. The van der Waals surface area contributed by atoms with E-state index in [1.165, 1.54) is 6.92 Å². The average Bonchev–Trinajstić information content (AvgIpc) is 2.02. The van der Waals surface area contributed by atoms with Gasteiger partial charge in [0.2, 0.25) is 10.0 Å². The number of rotatable bonds is 5. The van der Waals surface area contributed by atoms with Crippen LogP contribution in [0.15, 0.2) is 0 Å². The van der Waals surface area contributed by atoms with E-state index in [1.807, 2.05) is 6.92 Å². The SMILES string of the molecule is CCC(C)NS(=O)(=O)C(C)CO. The Morgan fingerprint density at radius 1 is 1.42 bits per heavy atom. The predicted octanol–water partition coefficient (Wildman–Crippen LogP) is 0.0851. The van der Waals surface area contributed by atoms with Gasteiger partial charge in [-0.15, -0.1) is 0 Å². The lowest BCUT2D eigenvalue weighted by Gasteiger charge is -2.15. The van der Waals surface area contributed by atoms with Gasteiger partial charge in [0.1, 0.15) is 0 Å². The normalized spacial score (nSPS) is 17.3. The second kappa shape index (κ2) is 4.79. The third-order valence-electron chi connectivity index (χ3n) is 1.76. The first-order valence-electron chi connectivity index (χ1n) is 4.06. The highest BCUT2D eigenvalue weighted by Crippen LogP contribution is 2.00. The van der Waals surface area contributed by atoms with Crippen molar-refractivity contribution in [2.75, 3.05) is 6.61 Å². The molecule has 0 spiro atoms. The van der Waals surface area contributed by atoms with Gasteiger partial charge in [0.15, 0.2) is 0 Å². The van der Waals surface area contributed by atoms with Crippen molar-refractivity contribution in [3.05, 3.63) is 0 Å². The lowest BCUT2D eigenvalue weighted by atomic mass is 10.3. The highest BCUT2D eigenvalue weighted by molar-refractivity contribution is 7.90. The van der Waals surface area contributed by atoms with Gasteiger partial charge < -0.3 is 5.11 Å². The van der Waals surface area contributed by atoms with Gasteiger partial charge in [-0.1, -0.05) is 6.92 Å². The summed E-state index contributed by atoms with van der Waals surface area (Å²) in [4.78, 5) is 0. The fourth-order valence-corrected chi connectivity index (χ4v) is 1.73. The molecule has 5 heteroatoms. The van der Waals surface area contributed by atoms with E-state index in [0.717, 1.165) is 6.42 Å². The minimum Gasteiger partial charge on any atom is -0.395 e. The molecule has 0 amide bonds. The minimum atomic E-state index is -3.32. The van der Waals surface area contributed by atoms with Crippen LogP contribution in [0.25, 0.3) is 0 Å². The summed E-state index contributed by atoms with van der Waals surface area (Å²) in [7, 11) is -3.32. The van der Waals surface area contributed by atoms with Crippen LogP contribution in [-0.4, -0.2) is 31.4 Å². The number of hydrogen-bond donors (Lipinski definition) is 2. The molecular formula is C7H17NO3S. The van der Waals surface area contributed by atoms with E-state index in [1.54, 1.807) is 6.92 Å². The Balaban J connectivity index is 4.23. The van der Waals surface area contributed by atoms with Crippen LogP contribution in [0, 0.1) is 0 Å². The maximum absolute atomic E-state index is 11.3. The van der Waals surface area contributed by atoms with Crippen molar-refractivity contribution < 1.29 is 13.5 Å². The van der Waals surface area contributed by atoms with Crippen LogP contribution in [0.3, 0.4) is 0 Å². The van der Waals surface area contributed by atoms with Crippen molar-refractivity contribution in [3.8, 4) is 0 Å². The van der Waals surface area contributed by atoms with E-state index >= 15 is 0 Å². The molecule has 74 valence electrons. The van der Waals surface area contributed by atoms with E-state index in [0.29, 0.717) is 0 Å². The third kappa shape index (κ3) is 3.51. The molecule has 4 nitrogen and oxygen atoms in total. The molecule has 0 aliphatic rings. The van der Waals surface area contributed by atoms with Crippen molar-refractivity contribution >= 4 is 10.0 Å². The first-order chi connectivity index (χ1) is 5.44. The number of aliphatic hydroxyl groups excluding tert-OH is 1. The van der Waals surface area contributed by atoms with E-state index in [-0.39, 0.29) is 12.6 Å². The molecule has 0 saturated heterocycles. The van der Waals surface area contributed by atoms with Gasteiger partial charge in [-0.05, 0) is 20.3 Å². The van der Waals surface area contributed by atoms with Crippen LogP contribution < -0.4 is 4.72 Å². The molecule has 0 aliphatic heterocycles. The summed E-state index contributed by atoms with van der Waals surface area (Å²) in [6, 6.07) is -0.0657. The van der Waals surface area contributed by atoms with Crippen molar-refractivity contribution in [1.82, 2.24) is 4.72 Å². The molecule has 0 saturated carbocycles. The smallest absolute Gasteiger partial charge is 0.216 e. The van der Waals surface area contributed by atoms with Crippen molar-refractivity contribution in [1.29, 1.82) is 0 Å². The van der Waals surface area contributed by atoms with Crippen LogP contribution in [0.4, 0.5) is 0 Å². The Morgan fingerprint density at radius 2 is 1.92 bits per heavy atom. The minimum absolute atomic E-state index is 0.0657. The Hall–Kier alpha value is -0.130.